The zero-order valence-corrected chi connectivity index (χ0v) is 11.9. The van der Waals surface area contributed by atoms with Crippen molar-refractivity contribution in [3.8, 4) is 11.3 Å². The van der Waals surface area contributed by atoms with Gasteiger partial charge in [-0.25, -0.2) is 4.79 Å². The number of nitrogens with zero attached hydrogens (tertiary/aromatic N) is 1. The number of rotatable bonds is 6. The van der Waals surface area contributed by atoms with Gasteiger partial charge in [0, 0.05) is 12.7 Å². The van der Waals surface area contributed by atoms with Crippen LogP contribution in [0.15, 0.2) is 30.3 Å². The summed E-state index contributed by atoms with van der Waals surface area (Å²) in [4.78, 5) is 10.8. The van der Waals surface area contributed by atoms with Gasteiger partial charge in [0.1, 0.15) is 5.69 Å². The molecule has 1 saturated carbocycles. The van der Waals surface area contributed by atoms with Gasteiger partial charge in [-0.2, -0.15) is 5.10 Å². The molecule has 1 aliphatic rings. The Morgan fingerprint density at radius 3 is 2.62 bits per heavy atom. The largest absolute Gasteiger partial charge is 0.477 e. The maximum absolute atomic E-state index is 10.8. The van der Waals surface area contributed by atoms with Crippen molar-refractivity contribution in [1.82, 2.24) is 10.2 Å². The molecule has 21 heavy (non-hydrogen) atoms. The normalized spacial score (nSPS) is 15.9. The van der Waals surface area contributed by atoms with Crippen molar-refractivity contribution in [1.29, 1.82) is 0 Å². The molecule has 0 radical (unpaired) electrons. The first-order chi connectivity index (χ1) is 10.1. The van der Waals surface area contributed by atoms with Crippen LogP contribution in [-0.4, -0.2) is 34.0 Å². The minimum Gasteiger partial charge on any atom is -0.477 e. The second kappa shape index (κ2) is 5.33. The Hall–Kier alpha value is -2.14. The van der Waals surface area contributed by atoms with E-state index >= 15 is 0 Å². The summed E-state index contributed by atoms with van der Waals surface area (Å²) in [6.45, 7) is 0. The van der Waals surface area contributed by atoms with Crippen molar-refractivity contribution >= 4 is 5.97 Å². The van der Waals surface area contributed by atoms with Crippen molar-refractivity contribution in [2.75, 3.05) is 7.11 Å². The summed E-state index contributed by atoms with van der Waals surface area (Å²) in [7, 11) is 1.79. The summed E-state index contributed by atoms with van der Waals surface area (Å²) < 4.78 is 5.52. The summed E-state index contributed by atoms with van der Waals surface area (Å²) in [6, 6.07) is 9.63. The van der Waals surface area contributed by atoms with E-state index in [0.717, 1.165) is 31.2 Å². The number of aromatic nitrogens is 2. The Kier molecular flexibility index (Phi) is 3.51. The van der Waals surface area contributed by atoms with Gasteiger partial charge in [-0.05, 0) is 37.3 Å². The van der Waals surface area contributed by atoms with E-state index in [-0.39, 0.29) is 11.3 Å². The van der Waals surface area contributed by atoms with Gasteiger partial charge in [0.25, 0.3) is 0 Å². The van der Waals surface area contributed by atoms with Crippen molar-refractivity contribution < 1.29 is 14.6 Å². The highest BCUT2D eigenvalue weighted by Crippen LogP contribution is 2.42. The summed E-state index contributed by atoms with van der Waals surface area (Å²) in [5.41, 5.74) is 3.04. The van der Waals surface area contributed by atoms with E-state index in [1.54, 1.807) is 13.2 Å². The number of nitrogens with one attached hydrogen (secondary N) is 1. The molecule has 1 heterocycles. The number of benzene rings is 1. The van der Waals surface area contributed by atoms with E-state index < -0.39 is 5.97 Å². The highest BCUT2D eigenvalue weighted by molar-refractivity contribution is 5.86. The number of H-pyrrole nitrogens is 1. The third-order valence-corrected chi connectivity index (χ3v) is 4.17. The van der Waals surface area contributed by atoms with Gasteiger partial charge in [0.15, 0.2) is 0 Å². The summed E-state index contributed by atoms with van der Waals surface area (Å²) in [5.74, 6) is -1.00. The van der Waals surface area contributed by atoms with Gasteiger partial charge in [0.05, 0.1) is 11.3 Å². The van der Waals surface area contributed by atoms with E-state index in [2.05, 4.69) is 22.3 Å². The summed E-state index contributed by atoms with van der Waals surface area (Å²) in [6.07, 6.45) is 4.36. The Morgan fingerprint density at radius 1 is 1.38 bits per heavy atom. The molecule has 5 nitrogen and oxygen atoms in total. The fourth-order valence-electron chi connectivity index (χ4n) is 2.49. The number of carboxylic acid groups (broad SMARTS) is 1. The van der Waals surface area contributed by atoms with Crippen molar-refractivity contribution in [3.63, 3.8) is 0 Å². The first kappa shape index (κ1) is 13.8. The lowest BCUT2D eigenvalue weighted by Crippen LogP contribution is -2.12. The van der Waals surface area contributed by atoms with Crippen LogP contribution in [0.3, 0.4) is 0 Å². The van der Waals surface area contributed by atoms with Gasteiger partial charge in [-0.3, -0.25) is 5.10 Å². The third kappa shape index (κ3) is 2.97. The molecule has 3 rings (SSSR count). The molecule has 0 aliphatic heterocycles. The average Bonchev–Trinajstić information content (AvgIpc) is 3.11. The predicted octanol–water partition coefficient (Wildman–Crippen LogP) is 2.89. The van der Waals surface area contributed by atoms with E-state index in [4.69, 9.17) is 9.84 Å². The number of hydrogen-bond donors (Lipinski definition) is 2. The monoisotopic (exact) mass is 286 g/mol. The van der Waals surface area contributed by atoms with E-state index in [0.29, 0.717) is 5.69 Å². The number of ether oxygens (including phenoxy) is 1. The van der Waals surface area contributed by atoms with Crippen LogP contribution in [0.4, 0.5) is 0 Å². The number of aryl methyl sites for hydroxylation is 1. The molecule has 5 heteroatoms. The highest BCUT2D eigenvalue weighted by Gasteiger charge is 2.42. The van der Waals surface area contributed by atoms with Gasteiger partial charge in [-0.1, -0.05) is 24.3 Å². The molecule has 0 unspecified atom stereocenters. The van der Waals surface area contributed by atoms with Crippen LogP contribution in [-0.2, 0) is 11.2 Å². The molecule has 1 aromatic heterocycles. The average molecular weight is 286 g/mol. The van der Waals surface area contributed by atoms with Crippen LogP contribution in [0.2, 0.25) is 0 Å². The van der Waals surface area contributed by atoms with Crippen molar-refractivity contribution in [2.24, 2.45) is 0 Å². The molecule has 2 aromatic rings. The molecule has 0 spiro atoms. The quantitative estimate of drug-likeness (QED) is 0.856. The first-order valence-electron chi connectivity index (χ1n) is 7.05. The predicted molar refractivity (Wildman–Crippen MR) is 78.3 cm³/mol. The number of carbonyl (C=O) groups is 1. The number of methoxy groups -OCH3 is 1. The molecule has 0 amide bonds. The number of aromatic amines is 1. The molecule has 1 aliphatic carbocycles. The van der Waals surface area contributed by atoms with Gasteiger partial charge >= 0.3 is 5.97 Å². The van der Waals surface area contributed by atoms with Gasteiger partial charge in [-0.15, -0.1) is 0 Å². The minimum absolute atomic E-state index is 0.102. The molecule has 0 saturated heterocycles. The second-order valence-electron chi connectivity index (χ2n) is 5.56. The number of carboxylic acids is 1. The van der Waals surface area contributed by atoms with Gasteiger partial charge < -0.3 is 9.84 Å². The maximum Gasteiger partial charge on any atom is 0.353 e. The Balaban J connectivity index is 1.67. The number of aromatic carboxylic acids is 1. The molecule has 1 fully saturated rings. The molecule has 0 bridgehead atoms. The van der Waals surface area contributed by atoms with Crippen LogP contribution in [0.1, 0.15) is 35.3 Å². The van der Waals surface area contributed by atoms with Crippen molar-refractivity contribution in [3.05, 3.63) is 41.6 Å². The Labute approximate surface area is 123 Å². The summed E-state index contributed by atoms with van der Waals surface area (Å²) >= 11 is 0. The third-order valence-electron chi connectivity index (χ3n) is 4.17. The lowest BCUT2D eigenvalue weighted by molar-refractivity contribution is 0.0690. The standard InChI is InChI=1S/C16H18N2O3/c1-21-16(8-9-16)7-6-11-2-4-12(5-3-11)13-10-14(15(19)20)18-17-13/h2-5,10H,6-9H2,1H3,(H,17,18)(H,19,20). The van der Waals surface area contributed by atoms with E-state index in [1.807, 2.05) is 12.1 Å². The zero-order chi connectivity index (χ0) is 14.9. The summed E-state index contributed by atoms with van der Waals surface area (Å²) in [5, 5.41) is 15.4. The lowest BCUT2D eigenvalue weighted by Gasteiger charge is -2.12. The van der Waals surface area contributed by atoms with Crippen LogP contribution in [0, 0.1) is 0 Å². The fourth-order valence-corrected chi connectivity index (χ4v) is 2.49. The molecule has 0 atom stereocenters. The second-order valence-corrected chi connectivity index (χ2v) is 5.56. The molecular formula is C16H18N2O3. The van der Waals surface area contributed by atoms with Crippen LogP contribution >= 0.6 is 0 Å². The molecule has 1 aromatic carbocycles. The molecular weight excluding hydrogens is 268 g/mol. The van der Waals surface area contributed by atoms with Crippen LogP contribution < -0.4 is 0 Å². The van der Waals surface area contributed by atoms with Gasteiger partial charge in [0.2, 0.25) is 0 Å². The smallest absolute Gasteiger partial charge is 0.353 e. The minimum atomic E-state index is -1.00. The Bertz CT molecular complexity index is 642. The van der Waals surface area contributed by atoms with Crippen molar-refractivity contribution in [2.45, 2.75) is 31.3 Å². The molecule has 2 N–H and O–H groups in total. The van der Waals surface area contributed by atoms with E-state index in [1.165, 1.54) is 5.56 Å². The van der Waals surface area contributed by atoms with E-state index in [9.17, 15) is 4.79 Å². The highest BCUT2D eigenvalue weighted by atomic mass is 16.5. The fraction of sp³-hybridized carbons (Fsp3) is 0.375. The number of hydrogen-bond acceptors (Lipinski definition) is 3. The lowest BCUT2D eigenvalue weighted by atomic mass is 10.0. The zero-order valence-electron chi connectivity index (χ0n) is 11.9. The molecule has 110 valence electrons. The van der Waals surface area contributed by atoms with Crippen LogP contribution in [0.25, 0.3) is 11.3 Å². The van der Waals surface area contributed by atoms with Crippen LogP contribution in [0.5, 0.6) is 0 Å². The Morgan fingerprint density at radius 2 is 2.10 bits per heavy atom. The topological polar surface area (TPSA) is 75.2 Å². The SMILES string of the molecule is COC1(CCc2ccc(-c3cc(C(=O)O)[nH]n3)cc2)CC1. The first-order valence-corrected chi connectivity index (χ1v) is 7.05. The maximum atomic E-state index is 10.8.